The maximum absolute atomic E-state index is 12.1. The molecule has 0 aliphatic heterocycles. The van der Waals surface area contributed by atoms with Crippen LogP contribution in [0.2, 0.25) is 0 Å². The molecule has 1 fully saturated rings. The minimum Gasteiger partial charge on any atom is -0.464 e. The standard InChI is InChI=1S/C16H30O3/c1-5-11-16(18,15(17)19-6-2)14-9-7-13(8-10-14)12(3)4/h12-14,18H,5-11H2,1-4H3. The molecule has 1 rings (SSSR count). The molecule has 0 bridgehead atoms. The third-order valence-corrected chi connectivity index (χ3v) is 4.65. The van der Waals surface area contributed by atoms with E-state index in [-0.39, 0.29) is 5.92 Å². The van der Waals surface area contributed by atoms with Crippen molar-refractivity contribution < 1.29 is 14.6 Å². The van der Waals surface area contributed by atoms with Crippen LogP contribution in [0.1, 0.15) is 66.2 Å². The number of aliphatic hydroxyl groups is 1. The zero-order valence-electron chi connectivity index (χ0n) is 12.9. The average Bonchev–Trinajstić information content (AvgIpc) is 2.39. The van der Waals surface area contributed by atoms with E-state index >= 15 is 0 Å². The van der Waals surface area contributed by atoms with E-state index in [1.807, 2.05) is 6.92 Å². The fraction of sp³-hybridized carbons (Fsp3) is 0.938. The molecular formula is C16H30O3. The van der Waals surface area contributed by atoms with Crippen molar-refractivity contribution in [2.24, 2.45) is 17.8 Å². The lowest BCUT2D eigenvalue weighted by atomic mass is 9.69. The van der Waals surface area contributed by atoms with Crippen molar-refractivity contribution in [2.45, 2.75) is 71.8 Å². The Bertz CT molecular complexity index is 280. The molecule has 0 aromatic heterocycles. The van der Waals surface area contributed by atoms with Gasteiger partial charge in [-0.25, -0.2) is 4.79 Å². The van der Waals surface area contributed by atoms with Crippen molar-refractivity contribution >= 4 is 5.97 Å². The Morgan fingerprint density at radius 2 is 1.84 bits per heavy atom. The van der Waals surface area contributed by atoms with Gasteiger partial charge in [-0.05, 0) is 56.8 Å². The van der Waals surface area contributed by atoms with Gasteiger partial charge in [0, 0.05) is 0 Å². The van der Waals surface area contributed by atoms with E-state index in [9.17, 15) is 9.90 Å². The number of hydrogen-bond acceptors (Lipinski definition) is 3. The van der Waals surface area contributed by atoms with Crippen LogP contribution in [0.3, 0.4) is 0 Å². The maximum Gasteiger partial charge on any atom is 0.338 e. The Hall–Kier alpha value is -0.570. The molecule has 112 valence electrons. The summed E-state index contributed by atoms with van der Waals surface area (Å²) in [6, 6.07) is 0. The summed E-state index contributed by atoms with van der Waals surface area (Å²) >= 11 is 0. The van der Waals surface area contributed by atoms with Gasteiger partial charge in [-0.15, -0.1) is 0 Å². The smallest absolute Gasteiger partial charge is 0.338 e. The molecule has 1 unspecified atom stereocenters. The van der Waals surface area contributed by atoms with Crippen LogP contribution in [0, 0.1) is 17.8 Å². The predicted octanol–water partition coefficient (Wildman–Crippen LogP) is 3.54. The molecule has 3 heteroatoms. The fourth-order valence-corrected chi connectivity index (χ4v) is 3.37. The largest absolute Gasteiger partial charge is 0.464 e. The topological polar surface area (TPSA) is 46.5 Å². The van der Waals surface area contributed by atoms with Gasteiger partial charge in [-0.3, -0.25) is 0 Å². The van der Waals surface area contributed by atoms with Crippen LogP contribution >= 0.6 is 0 Å². The van der Waals surface area contributed by atoms with E-state index in [0.29, 0.717) is 18.9 Å². The van der Waals surface area contributed by atoms with Gasteiger partial charge >= 0.3 is 5.97 Å². The second kappa shape index (κ2) is 7.28. The molecule has 0 spiro atoms. The van der Waals surface area contributed by atoms with Crippen LogP contribution in [-0.2, 0) is 9.53 Å². The van der Waals surface area contributed by atoms with E-state index in [2.05, 4.69) is 13.8 Å². The fourth-order valence-electron chi connectivity index (χ4n) is 3.37. The van der Waals surface area contributed by atoms with Crippen molar-refractivity contribution in [3.63, 3.8) is 0 Å². The first kappa shape index (κ1) is 16.5. The summed E-state index contributed by atoms with van der Waals surface area (Å²) in [5.41, 5.74) is -1.26. The van der Waals surface area contributed by atoms with Crippen molar-refractivity contribution in [1.82, 2.24) is 0 Å². The second-order valence-electron chi connectivity index (χ2n) is 6.25. The summed E-state index contributed by atoms with van der Waals surface area (Å²) < 4.78 is 5.10. The summed E-state index contributed by atoms with van der Waals surface area (Å²) in [5, 5.41) is 10.8. The molecular weight excluding hydrogens is 240 g/mol. The highest BCUT2D eigenvalue weighted by Crippen LogP contribution is 2.40. The maximum atomic E-state index is 12.1. The molecule has 0 heterocycles. The lowest BCUT2D eigenvalue weighted by Gasteiger charge is -2.39. The Labute approximate surface area is 117 Å². The summed E-state index contributed by atoms with van der Waals surface area (Å²) in [7, 11) is 0. The van der Waals surface area contributed by atoms with E-state index in [4.69, 9.17) is 4.74 Å². The van der Waals surface area contributed by atoms with Gasteiger partial charge in [0.25, 0.3) is 0 Å². The van der Waals surface area contributed by atoms with Gasteiger partial charge in [0.15, 0.2) is 5.60 Å². The summed E-state index contributed by atoms with van der Waals surface area (Å²) in [6.07, 6.45) is 5.44. The van der Waals surface area contributed by atoms with Crippen LogP contribution in [0.15, 0.2) is 0 Å². The van der Waals surface area contributed by atoms with Gasteiger partial charge in [-0.2, -0.15) is 0 Å². The summed E-state index contributed by atoms with van der Waals surface area (Å²) in [6.45, 7) is 8.65. The Balaban J connectivity index is 2.70. The van der Waals surface area contributed by atoms with Crippen LogP contribution in [0.5, 0.6) is 0 Å². The molecule has 1 aliphatic carbocycles. The monoisotopic (exact) mass is 270 g/mol. The normalized spacial score (nSPS) is 27.1. The molecule has 1 N–H and O–H groups in total. The van der Waals surface area contributed by atoms with Crippen molar-refractivity contribution in [2.75, 3.05) is 6.61 Å². The quantitative estimate of drug-likeness (QED) is 0.751. The Kier molecular flexibility index (Phi) is 6.31. The van der Waals surface area contributed by atoms with Crippen LogP contribution < -0.4 is 0 Å². The molecule has 1 saturated carbocycles. The number of ether oxygens (including phenoxy) is 1. The summed E-state index contributed by atoms with van der Waals surface area (Å²) in [5.74, 6) is 1.10. The molecule has 0 saturated heterocycles. The van der Waals surface area contributed by atoms with Crippen molar-refractivity contribution in [1.29, 1.82) is 0 Å². The van der Waals surface area contributed by atoms with E-state index in [1.54, 1.807) is 6.92 Å². The van der Waals surface area contributed by atoms with Gasteiger partial charge in [0.2, 0.25) is 0 Å². The molecule has 1 aliphatic rings. The first-order valence-corrected chi connectivity index (χ1v) is 7.85. The third kappa shape index (κ3) is 3.95. The number of rotatable bonds is 6. The van der Waals surface area contributed by atoms with Crippen molar-refractivity contribution in [3.8, 4) is 0 Å². The molecule has 0 amide bonds. The minimum atomic E-state index is -1.26. The number of carbonyl (C=O) groups excluding carboxylic acids is 1. The molecule has 3 nitrogen and oxygen atoms in total. The first-order chi connectivity index (χ1) is 8.95. The Morgan fingerprint density at radius 1 is 1.26 bits per heavy atom. The molecule has 1 atom stereocenters. The number of hydrogen-bond donors (Lipinski definition) is 1. The third-order valence-electron chi connectivity index (χ3n) is 4.65. The first-order valence-electron chi connectivity index (χ1n) is 7.85. The lowest BCUT2D eigenvalue weighted by Crippen LogP contribution is -2.48. The number of carbonyl (C=O) groups is 1. The minimum absolute atomic E-state index is 0.0708. The van der Waals surface area contributed by atoms with Crippen LogP contribution in [-0.4, -0.2) is 23.3 Å². The molecule has 0 aromatic rings. The zero-order chi connectivity index (χ0) is 14.5. The SMILES string of the molecule is CCCC(O)(C(=O)OCC)C1CCC(C(C)C)CC1. The average molecular weight is 270 g/mol. The second-order valence-corrected chi connectivity index (χ2v) is 6.25. The highest BCUT2D eigenvalue weighted by atomic mass is 16.5. The van der Waals surface area contributed by atoms with Crippen LogP contribution in [0.25, 0.3) is 0 Å². The van der Waals surface area contributed by atoms with Gasteiger partial charge in [0.05, 0.1) is 6.61 Å². The highest BCUT2D eigenvalue weighted by Gasteiger charge is 2.45. The van der Waals surface area contributed by atoms with Gasteiger partial charge < -0.3 is 9.84 Å². The van der Waals surface area contributed by atoms with Crippen LogP contribution in [0.4, 0.5) is 0 Å². The van der Waals surface area contributed by atoms with E-state index in [0.717, 1.165) is 38.0 Å². The van der Waals surface area contributed by atoms with Gasteiger partial charge in [0.1, 0.15) is 0 Å². The molecule has 0 aromatic carbocycles. The van der Waals surface area contributed by atoms with E-state index in [1.165, 1.54) is 0 Å². The molecule has 0 radical (unpaired) electrons. The number of esters is 1. The zero-order valence-corrected chi connectivity index (χ0v) is 12.9. The van der Waals surface area contributed by atoms with E-state index < -0.39 is 11.6 Å². The Morgan fingerprint density at radius 3 is 2.26 bits per heavy atom. The van der Waals surface area contributed by atoms with Gasteiger partial charge in [-0.1, -0.05) is 27.2 Å². The lowest BCUT2D eigenvalue weighted by molar-refractivity contribution is -0.174. The summed E-state index contributed by atoms with van der Waals surface area (Å²) in [4.78, 5) is 12.1. The van der Waals surface area contributed by atoms with Crippen molar-refractivity contribution in [3.05, 3.63) is 0 Å². The molecule has 19 heavy (non-hydrogen) atoms. The highest BCUT2D eigenvalue weighted by molar-refractivity contribution is 5.79. The predicted molar refractivity (Wildman–Crippen MR) is 76.8 cm³/mol.